The minimum Gasteiger partial charge on any atom is -0.391 e. The van der Waals surface area contributed by atoms with Crippen molar-refractivity contribution in [2.75, 3.05) is 29.9 Å². The average Bonchev–Trinajstić information content (AvgIpc) is 3.49. The smallest absolute Gasteiger partial charge is 0.322 e. The van der Waals surface area contributed by atoms with Gasteiger partial charge in [-0.05, 0) is 66.1 Å². The van der Waals surface area contributed by atoms with Gasteiger partial charge in [0.25, 0.3) is 0 Å². The van der Waals surface area contributed by atoms with Gasteiger partial charge >= 0.3 is 6.03 Å². The monoisotopic (exact) mass is 536 g/mol. The van der Waals surface area contributed by atoms with Crippen LogP contribution in [0.1, 0.15) is 30.9 Å². The lowest BCUT2D eigenvalue weighted by atomic mass is 10.0. The highest BCUT2D eigenvalue weighted by atomic mass is 127. The number of fused-ring (bicyclic) bond motifs is 1. The number of nitrogens with one attached hydrogen (secondary N) is 1. The lowest BCUT2D eigenvalue weighted by molar-refractivity contribution is 0.176. The fourth-order valence-corrected chi connectivity index (χ4v) is 4.88. The van der Waals surface area contributed by atoms with Gasteiger partial charge in [-0.15, -0.1) is 0 Å². The number of likely N-dealkylation sites (tertiary alicyclic amines) is 1. The first kappa shape index (κ1) is 20.4. The minimum atomic E-state index is -0.479. The number of carbonyl (C=O) groups excluding carboxylic acids is 1. The van der Waals surface area contributed by atoms with Crippen LogP contribution in [0, 0.1) is 9.39 Å². The van der Waals surface area contributed by atoms with Crippen molar-refractivity contribution in [2.45, 2.75) is 31.4 Å². The molecule has 31 heavy (non-hydrogen) atoms. The van der Waals surface area contributed by atoms with Gasteiger partial charge in [0.05, 0.1) is 18.3 Å². The first-order chi connectivity index (χ1) is 15.0. The lowest BCUT2D eigenvalue weighted by Crippen LogP contribution is -2.33. The Morgan fingerprint density at radius 2 is 2.13 bits per heavy atom. The summed E-state index contributed by atoms with van der Waals surface area (Å²) in [6.07, 6.45) is 5.26. The number of hydrogen-bond acceptors (Lipinski definition) is 5. The molecule has 4 heterocycles. The van der Waals surface area contributed by atoms with Crippen molar-refractivity contribution in [3.63, 3.8) is 0 Å². The van der Waals surface area contributed by atoms with E-state index in [0.29, 0.717) is 36.4 Å². The Labute approximate surface area is 192 Å². The van der Waals surface area contributed by atoms with Gasteiger partial charge in [-0.3, -0.25) is 0 Å². The zero-order valence-corrected chi connectivity index (χ0v) is 18.9. The van der Waals surface area contributed by atoms with Crippen LogP contribution < -0.4 is 10.2 Å². The van der Waals surface area contributed by atoms with Crippen molar-refractivity contribution in [2.24, 2.45) is 0 Å². The van der Waals surface area contributed by atoms with Crippen LogP contribution in [-0.2, 0) is 0 Å². The molecule has 2 N–H and O–H groups in total. The summed E-state index contributed by atoms with van der Waals surface area (Å²) in [7, 11) is 0. The summed E-state index contributed by atoms with van der Waals surface area (Å²) >= 11 is 2.20. The number of aliphatic hydroxyl groups excluding tert-OH is 1. The van der Waals surface area contributed by atoms with E-state index in [9.17, 15) is 14.3 Å². The highest BCUT2D eigenvalue weighted by molar-refractivity contribution is 14.1. The van der Waals surface area contributed by atoms with Crippen molar-refractivity contribution in [3.8, 4) is 0 Å². The third-order valence-electron chi connectivity index (χ3n) is 5.91. The zero-order valence-electron chi connectivity index (χ0n) is 16.7. The summed E-state index contributed by atoms with van der Waals surface area (Å²) in [5.74, 6) is 0.518. The largest absolute Gasteiger partial charge is 0.391 e. The van der Waals surface area contributed by atoms with Crippen LogP contribution in [0.5, 0.6) is 0 Å². The second-order valence-electron chi connectivity index (χ2n) is 7.95. The van der Waals surface area contributed by atoms with Gasteiger partial charge in [0.15, 0.2) is 5.65 Å². The van der Waals surface area contributed by atoms with Gasteiger partial charge in [-0.25, -0.2) is 18.7 Å². The number of urea groups is 1. The van der Waals surface area contributed by atoms with Crippen LogP contribution in [0.25, 0.3) is 5.65 Å². The summed E-state index contributed by atoms with van der Waals surface area (Å²) in [5, 5.41) is 16.8. The predicted octanol–water partition coefficient (Wildman–Crippen LogP) is 3.41. The van der Waals surface area contributed by atoms with Gasteiger partial charge in [-0.1, -0.05) is 0 Å². The molecular formula is C21H22FIN6O2. The van der Waals surface area contributed by atoms with E-state index >= 15 is 0 Å². The second kappa shape index (κ2) is 8.23. The molecule has 2 aliphatic heterocycles. The Morgan fingerprint density at radius 3 is 2.94 bits per heavy atom. The first-order valence-corrected chi connectivity index (χ1v) is 11.4. The zero-order chi connectivity index (χ0) is 21.5. The van der Waals surface area contributed by atoms with Crippen LogP contribution in [0.2, 0.25) is 0 Å². The number of benzene rings is 1. The van der Waals surface area contributed by atoms with E-state index < -0.39 is 6.10 Å². The van der Waals surface area contributed by atoms with Crippen LogP contribution in [-0.4, -0.2) is 56.4 Å². The van der Waals surface area contributed by atoms with Crippen LogP contribution >= 0.6 is 22.6 Å². The Balaban J connectivity index is 1.43. The molecule has 2 fully saturated rings. The lowest BCUT2D eigenvalue weighted by Gasteiger charge is -2.26. The maximum atomic E-state index is 14.6. The number of aromatic nitrogens is 3. The first-order valence-electron chi connectivity index (χ1n) is 10.3. The number of aliphatic hydroxyl groups is 1. The number of hydrogen-bond donors (Lipinski definition) is 2. The number of anilines is 2. The Bertz CT molecular complexity index is 1140. The summed E-state index contributed by atoms with van der Waals surface area (Å²) in [6.45, 7) is 1.61. The van der Waals surface area contributed by atoms with Crippen molar-refractivity contribution in [3.05, 3.63) is 51.6 Å². The maximum absolute atomic E-state index is 14.6. The number of nitrogens with zero attached hydrogens (tertiary/aromatic N) is 5. The third-order valence-corrected chi connectivity index (χ3v) is 6.58. The quantitative estimate of drug-likeness (QED) is 0.502. The molecule has 8 nitrogen and oxygen atoms in total. The molecule has 0 unspecified atom stereocenters. The fraction of sp³-hybridized carbons (Fsp3) is 0.381. The van der Waals surface area contributed by atoms with Gasteiger partial charge in [0.2, 0.25) is 0 Å². The topological polar surface area (TPSA) is 86.0 Å². The number of β-amino-alcohol motifs (C(OH)–C–C–N with tert-alkyl or cyclic N) is 1. The van der Waals surface area contributed by atoms with E-state index in [4.69, 9.17) is 4.98 Å². The molecular weight excluding hydrogens is 514 g/mol. The number of carbonyl (C=O) groups is 1. The summed E-state index contributed by atoms with van der Waals surface area (Å²) in [5.41, 5.74) is 1.71. The second-order valence-corrected chi connectivity index (χ2v) is 9.19. The van der Waals surface area contributed by atoms with E-state index in [1.807, 2.05) is 12.1 Å². The van der Waals surface area contributed by atoms with Crippen molar-refractivity contribution < 1.29 is 14.3 Å². The number of halogens is 2. The predicted molar refractivity (Wildman–Crippen MR) is 123 cm³/mol. The minimum absolute atomic E-state index is 0.0864. The Morgan fingerprint density at radius 1 is 1.26 bits per heavy atom. The maximum Gasteiger partial charge on any atom is 0.322 e. The average molecular weight is 536 g/mol. The molecule has 3 aromatic rings. The normalized spacial score (nSPS) is 21.3. The molecule has 162 valence electrons. The van der Waals surface area contributed by atoms with Crippen LogP contribution in [0.3, 0.4) is 0 Å². The molecule has 0 saturated carbocycles. The number of rotatable bonds is 3. The molecule has 2 aliphatic rings. The molecule has 5 rings (SSSR count). The summed E-state index contributed by atoms with van der Waals surface area (Å²) in [6, 6.07) is 6.68. The molecule has 1 aromatic carbocycles. The molecule has 2 amide bonds. The fourth-order valence-electron chi connectivity index (χ4n) is 4.36. The molecule has 0 radical (unpaired) electrons. The third kappa shape index (κ3) is 3.93. The van der Waals surface area contributed by atoms with Gasteiger partial charge < -0.3 is 20.2 Å². The van der Waals surface area contributed by atoms with E-state index in [2.05, 4.69) is 37.9 Å². The Kier molecular flexibility index (Phi) is 5.42. The molecule has 0 spiro atoms. The molecule has 2 saturated heterocycles. The summed E-state index contributed by atoms with van der Waals surface area (Å²) < 4.78 is 17.2. The van der Waals surface area contributed by atoms with Crippen molar-refractivity contribution in [1.82, 2.24) is 19.5 Å². The van der Waals surface area contributed by atoms with E-state index in [0.717, 1.165) is 28.8 Å². The van der Waals surface area contributed by atoms with E-state index in [-0.39, 0.29) is 17.9 Å². The van der Waals surface area contributed by atoms with Crippen LogP contribution in [0.15, 0.2) is 36.7 Å². The van der Waals surface area contributed by atoms with Gasteiger partial charge in [-0.2, -0.15) is 5.10 Å². The molecule has 2 aromatic heterocycles. The Hall–Kier alpha value is -2.47. The van der Waals surface area contributed by atoms with Crippen LogP contribution in [0.4, 0.5) is 20.7 Å². The highest BCUT2D eigenvalue weighted by Gasteiger charge is 2.30. The summed E-state index contributed by atoms with van der Waals surface area (Å²) in [4.78, 5) is 21.0. The van der Waals surface area contributed by atoms with Gasteiger partial charge in [0, 0.05) is 35.0 Å². The number of amides is 2. The van der Waals surface area contributed by atoms with Crippen molar-refractivity contribution >= 4 is 45.8 Å². The molecule has 0 bridgehead atoms. The standard InChI is InChI=1S/C21H22FIN6O2/c22-16-4-3-13(23)10-15(16)18-2-1-7-28(18)19-6-9-29-20(26-19)17(11-24-29)25-21(31)27-8-5-14(30)12-27/h3-4,6,9-11,14,18,30H,1-2,5,7-8,12H2,(H,25,31)/t14-,18+/m0/s1. The van der Waals surface area contributed by atoms with E-state index in [1.165, 1.54) is 6.07 Å². The SMILES string of the molecule is O=C(Nc1cnn2ccc(N3CCC[C@@H]3c3cc(I)ccc3F)nc12)N1CC[C@H](O)C1. The molecule has 0 aliphatic carbocycles. The molecule has 2 atom stereocenters. The highest BCUT2D eigenvalue weighted by Crippen LogP contribution is 2.37. The van der Waals surface area contributed by atoms with Gasteiger partial charge in [0.1, 0.15) is 17.3 Å². The van der Waals surface area contributed by atoms with Crippen molar-refractivity contribution in [1.29, 1.82) is 0 Å². The van der Waals surface area contributed by atoms with E-state index in [1.54, 1.807) is 27.9 Å². The molecule has 10 heteroatoms.